The number of nitrogens with zero attached hydrogens (tertiary/aromatic N) is 2. The van der Waals surface area contributed by atoms with Gasteiger partial charge in [-0.05, 0) is 48.7 Å². The Morgan fingerprint density at radius 2 is 1.62 bits per heavy atom. The molecule has 4 rings (SSSR count). The highest BCUT2D eigenvalue weighted by atomic mass is 32.2. The quantitative estimate of drug-likeness (QED) is 0.393. The van der Waals surface area contributed by atoms with E-state index in [1.165, 1.54) is 29.2 Å². The predicted octanol–water partition coefficient (Wildman–Crippen LogP) is 3.53. The first-order valence-corrected chi connectivity index (χ1v) is 14.2. The van der Waals surface area contributed by atoms with Crippen molar-refractivity contribution in [3.05, 3.63) is 101 Å². The van der Waals surface area contributed by atoms with Crippen molar-refractivity contribution in [1.82, 2.24) is 14.5 Å². The zero-order valence-corrected chi connectivity index (χ0v) is 22.4. The monoisotopic (exact) mass is 551 g/mol. The van der Waals surface area contributed by atoms with E-state index in [2.05, 4.69) is 5.32 Å². The van der Waals surface area contributed by atoms with Crippen LogP contribution < -0.4 is 5.32 Å². The standard InChI is InChI=1S/C29H30FN3O5S/c1-2-31-28(35)25(19-21-9-4-3-5-10-21)32(20-22-14-16-23(30)17-15-22)27(34)13-8-18-33-29(36)24-11-6-7-12-26(24)39(33,37)38/h3-7,9-12,14-17,25H,2,8,13,18-20H2,1H3,(H,31,35)/t25-/m0/s1. The van der Waals surface area contributed by atoms with Crippen LogP contribution in [0.2, 0.25) is 0 Å². The lowest BCUT2D eigenvalue weighted by atomic mass is 10.0. The molecule has 0 aromatic heterocycles. The number of sulfonamides is 1. The summed E-state index contributed by atoms with van der Waals surface area (Å²) in [4.78, 5) is 40.9. The highest BCUT2D eigenvalue weighted by Crippen LogP contribution is 2.30. The number of carbonyl (C=O) groups excluding carboxylic acids is 3. The van der Waals surface area contributed by atoms with Gasteiger partial charge in [0.1, 0.15) is 16.8 Å². The Morgan fingerprint density at radius 3 is 2.28 bits per heavy atom. The van der Waals surface area contributed by atoms with E-state index in [4.69, 9.17) is 0 Å². The molecule has 3 aromatic rings. The van der Waals surface area contributed by atoms with Gasteiger partial charge < -0.3 is 10.2 Å². The van der Waals surface area contributed by atoms with Crippen LogP contribution in [0.3, 0.4) is 0 Å². The van der Waals surface area contributed by atoms with Crippen LogP contribution in [0.5, 0.6) is 0 Å². The fraction of sp³-hybridized carbons (Fsp3) is 0.276. The molecule has 3 amide bonds. The van der Waals surface area contributed by atoms with Crippen molar-refractivity contribution in [2.45, 2.75) is 43.7 Å². The number of benzene rings is 3. The number of hydrogen-bond donors (Lipinski definition) is 1. The predicted molar refractivity (Wildman–Crippen MR) is 143 cm³/mol. The van der Waals surface area contributed by atoms with Gasteiger partial charge in [0.05, 0.1) is 5.56 Å². The molecule has 10 heteroatoms. The van der Waals surface area contributed by atoms with Crippen LogP contribution in [-0.4, -0.2) is 54.5 Å². The van der Waals surface area contributed by atoms with Crippen molar-refractivity contribution in [3.63, 3.8) is 0 Å². The Labute approximate surface area is 227 Å². The molecule has 3 aromatic carbocycles. The van der Waals surface area contributed by atoms with E-state index in [1.807, 2.05) is 30.3 Å². The molecule has 0 unspecified atom stereocenters. The van der Waals surface area contributed by atoms with Crippen LogP contribution in [0.4, 0.5) is 4.39 Å². The number of nitrogens with one attached hydrogen (secondary N) is 1. The van der Waals surface area contributed by atoms with E-state index in [1.54, 1.807) is 31.2 Å². The molecule has 1 N–H and O–H groups in total. The van der Waals surface area contributed by atoms with Gasteiger partial charge in [0, 0.05) is 32.5 Å². The first kappa shape index (κ1) is 28.0. The van der Waals surface area contributed by atoms with E-state index in [0.717, 1.165) is 9.87 Å². The third-order valence-corrected chi connectivity index (χ3v) is 8.39. The van der Waals surface area contributed by atoms with Gasteiger partial charge in [-0.15, -0.1) is 0 Å². The summed E-state index contributed by atoms with van der Waals surface area (Å²) in [7, 11) is -3.98. The average molecular weight is 552 g/mol. The van der Waals surface area contributed by atoms with Gasteiger partial charge in [0.25, 0.3) is 15.9 Å². The molecule has 204 valence electrons. The minimum Gasteiger partial charge on any atom is -0.355 e. The molecule has 1 aliphatic rings. The Hall–Kier alpha value is -4.05. The average Bonchev–Trinajstić information content (AvgIpc) is 3.13. The Balaban J connectivity index is 1.55. The number of carbonyl (C=O) groups is 3. The number of rotatable bonds is 11. The van der Waals surface area contributed by atoms with Gasteiger partial charge in [-0.3, -0.25) is 14.4 Å². The summed E-state index contributed by atoms with van der Waals surface area (Å²) in [5, 5.41) is 2.80. The Bertz CT molecular complexity index is 1450. The van der Waals surface area contributed by atoms with Crippen molar-refractivity contribution in [2.24, 2.45) is 0 Å². The van der Waals surface area contributed by atoms with Crippen molar-refractivity contribution in [2.75, 3.05) is 13.1 Å². The van der Waals surface area contributed by atoms with Gasteiger partial charge in [-0.2, -0.15) is 0 Å². The second-order valence-electron chi connectivity index (χ2n) is 9.23. The van der Waals surface area contributed by atoms with Crippen LogP contribution in [0.1, 0.15) is 41.3 Å². The fourth-order valence-corrected chi connectivity index (χ4v) is 6.21. The second kappa shape index (κ2) is 12.2. The Morgan fingerprint density at radius 1 is 0.949 bits per heavy atom. The maximum atomic E-state index is 13.6. The lowest BCUT2D eigenvalue weighted by molar-refractivity contribution is -0.141. The summed E-state index contributed by atoms with van der Waals surface area (Å²) >= 11 is 0. The maximum absolute atomic E-state index is 13.6. The normalized spacial score (nSPS) is 14.5. The molecule has 0 aliphatic carbocycles. The highest BCUT2D eigenvalue weighted by molar-refractivity contribution is 7.90. The van der Waals surface area contributed by atoms with Crippen LogP contribution in [-0.2, 0) is 32.6 Å². The first-order chi connectivity index (χ1) is 18.7. The minimum absolute atomic E-state index is 0.0431. The summed E-state index contributed by atoms with van der Waals surface area (Å²) in [5.74, 6) is -1.75. The van der Waals surface area contributed by atoms with Crippen LogP contribution in [0.25, 0.3) is 0 Å². The van der Waals surface area contributed by atoms with E-state index < -0.39 is 27.8 Å². The number of likely N-dealkylation sites (N-methyl/N-ethyl adjacent to an activating group) is 1. The zero-order valence-electron chi connectivity index (χ0n) is 21.5. The van der Waals surface area contributed by atoms with E-state index in [0.29, 0.717) is 12.1 Å². The van der Waals surface area contributed by atoms with Crippen molar-refractivity contribution >= 4 is 27.7 Å². The molecule has 0 radical (unpaired) electrons. The molecule has 1 heterocycles. The van der Waals surface area contributed by atoms with E-state index in [-0.39, 0.29) is 54.6 Å². The summed E-state index contributed by atoms with van der Waals surface area (Å²) in [5.41, 5.74) is 1.61. The molecule has 39 heavy (non-hydrogen) atoms. The largest absolute Gasteiger partial charge is 0.355 e. The Kier molecular flexibility index (Phi) is 8.75. The van der Waals surface area contributed by atoms with Gasteiger partial charge in [-0.25, -0.2) is 17.1 Å². The third kappa shape index (κ3) is 6.34. The van der Waals surface area contributed by atoms with Gasteiger partial charge >= 0.3 is 0 Å². The number of fused-ring (bicyclic) bond motifs is 1. The number of hydrogen-bond acceptors (Lipinski definition) is 5. The molecule has 0 saturated heterocycles. The molecular formula is C29H30FN3O5S. The van der Waals surface area contributed by atoms with Crippen molar-refractivity contribution in [3.8, 4) is 0 Å². The molecular weight excluding hydrogens is 521 g/mol. The second-order valence-corrected chi connectivity index (χ2v) is 11.1. The topological polar surface area (TPSA) is 104 Å². The lowest BCUT2D eigenvalue weighted by Crippen LogP contribution is -2.50. The zero-order chi connectivity index (χ0) is 28.0. The van der Waals surface area contributed by atoms with Crippen LogP contribution in [0, 0.1) is 5.82 Å². The fourth-order valence-electron chi connectivity index (χ4n) is 4.60. The third-order valence-electron chi connectivity index (χ3n) is 6.55. The summed E-state index contributed by atoms with van der Waals surface area (Å²) < 4.78 is 40.1. The van der Waals surface area contributed by atoms with E-state index in [9.17, 15) is 27.2 Å². The minimum atomic E-state index is -3.98. The SMILES string of the molecule is CCNC(=O)[C@H](Cc1ccccc1)N(Cc1ccc(F)cc1)C(=O)CCCN1C(=O)c2ccccc2S1(=O)=O. The molecule has 0 saturated carbocycles. The molecule has 0 spiro atoms. The van der Waals surface area contributed by atoms with Gasteiger partial charge in [0.15, 0.2) is 0 Å². The molecule has 0 bridgehead atoms. The van der Waals surface area contributed by atoms with Crippen LogP contribution >= 0.6 is 0 Å². The summed E-state index contributed by atoms with van der Waals surface area (Å²) in [6.45, 7) is 2.05. The maximum Gasteiger partial charge on any atom is 0.269 e. The van der Waals surface area contributed by atoms with Gasteiger partial charge in [-0.1, -0.05) is 54.6 Å². The first-order valence-electron chi connectivity index (χ1n) is 12.7. The lowest BCUT2D eigenvalue weighted by Gasteiger charge is -2.31. The number of amides is 3. The van der Waals surface area contributed by atoms with Gasteiger partial charge in [0.2, 0.25) is 11.8 Å². The summed E-state index contributed by atoms with van der Waals surface area (Å²) in [6.07, 6.45) is 0.237. The van der Waals surface area contributed by atoms with Crippen LogP contribution in [0.15, 0.2) is 83.8 Å². The molecule has 1 atom stereocenters. The van der Waals surface area contributed by atoms with E-state index >= 15 is 0 Å². The van der Waals surface area contributed by atoms with Crippen molar-refractivity contribution in [1.29, 1.82) is 0 Å². The highest BCUT2D eigenvalue weighted by Gasteiger charge is 2.40. The number of halogens is 1. The van der Waals surface area contributed by atoms with Crippen molar-refractivity contribution < 1.29 is 27.2 Å². The molecule has 1 aliphatic heterocycles. The molecule has 0 fully saturated rings. The smallest absolute Gasteiger partial charge is 0.269 e. The molecule has 8 nitrogen and oxygen atoms in total. The summed E-state index contributed by atoms with van der Waals surface area (Å²) in [6, 6.07) is 20.1.